The first-order chi connectivity index (χ1) is 6.16. The Labute approximate surface area is 83.0 Å². The van der Waals surface area contributed by atoms with E-state index >= 15 is 0 Å². The van der Waals surface area contributed by atoms with E-state index in [0.29, 0.717) is 0 Å². The Bertz CT molecular complexity index is 200. The Morgan fingerprint density at radius 2 is 1.85 bits per heavy atom. The van der Waals surface area contributed by atoms with Crippen LogP contribution in [0, 0.1) is 0 Å². The van der Waals surface area contributed by atoms with E-state index in [0.717, 1.165) is 6.42 Å². The van der Waals surface area contributed by atoms with Gasteiger partial charge in [0.15, 0.2) is 0 Å². The fourth-order valence-corrected chi connectivity index (χ4v) is 1.04. The molecular formula is C13H22. The van der Waals surface area contributed by atoms with Crippen molar-refractivity contribution in [3.8, 4) is 0 Å². The zero-order chi connectivity index (χ0) is 10.1. The van der Waals surface area contributed by atoms with Gasteiger partial charge in [0.25, 0.3) is 0 Å². The lowest BCUT2D eigenvalue weighted by molar-refractivity contribution is 0.967. The predicted octanol–water partition coefficient (Wildman–Crippen LogP) is 4.65. The van der Waals surface area contributed by atoms with E-state index in [1.165, 1.54) is 24.0 Å². The summed E-state index contributed by atoms with van der Waals surface area (Å²) in [7, 11) is 0. The summed E-state index contributed by atoms with van der Waals surface area (Å²) in [6.45, 7) is 8.65. The number of allylic oxidation sites excluding steroid dienone is 6. The largest absolute Gasteiger partial charge is 0.0856 e. The summed E-state index contributed by atoms with van der Waals surface area (Å²) in [5.74, 6) is 0. The predicted molar refractivity (Wildman–Crippen MR) is 61.9 cm³/mol. The van der Waals surface area contributed by atoms with Crippen LogP contribution in [0.4, 0.5) is 0 Å². The molecule has 0 aliphatic carbocycles. The number of rotatable bonds is 5. The second-order valence-corrected chi connectivity index (χ2v) is 3.67. The van der Waals surface area contributed by atoms with Gasteiger partial charge in [0.1, 0.15) is 0 Å². The van der Waals surface area contributed by atoms with E-state index in [9.17, 15) is 0 Å². The highest BCUT2D eigenvalue weighted by Gasteiger charge is 1.86. The van der Waals surface area contributed by atoms with Crippen LogP contribution in [0.1, 0.15) is 47.0 Å². The molecule has 0 aliphatic rings. The van der Waals surface area contributed by atoms with Crippen LogP contribution >= 0.6 is 0 Å². The van der Waals surface area contributed by atoms with Crippen molar-refractivity contribution in [2.45, 2.75) is 47.0 Å². The fraction of sp³-hybridized carbons (Fsp3) is 0.538. The maximum absolute atomic E-state index is 2.29. The molecule has 0 bridgehead atoms. The molecule has 0 rings (SSSR count). The first-order valence-corrected chi connectivity index (χ1v) is 5.12. The average molecular weight is 178 g/mol. The molecule has 0 spiro atoms. The molecule has 0 nitrogen and oxygen atoms in total. The van der Waals surface area contributed by atoms with E-state index in [1.54, 1.807) is 0 Å². The minimum atomic E-state index is 1.12. The minimum Gasteiger partial charge on any atom is -0.0856 e. The standard InChI is InChI=1S/C13H22/c1-5-6-7-10-13(4)11-8-9-12(2)3/h6-7,9-10H,5,8,11H2,1-4H3/b7-6+,13-10+. The van der Waals surface area contributed by atoms with Crippen molar-refractivity contribution in [3.05, 3.63) is 35.5 Å². The molecule has 0 aromatic carbocycles. The topological polar surface area (TPSA) is 0 Å². The van der Waals surface area contributed by atoms with Crippen molar-refractivity contribution < 1.29 is 0 Å². The Kier molecular flexibility index (Phi) is 7.38. The molecular weight excluding hydrogens is 156 g/mol. The molecule has 0 saturated carbocycles. The third-order valence-electron chi connectivity index (χ3n) is 1.84. The molecule has 0 fully saturated rings. The van der Waals surface area contributed by atoms with Crippen molar-refractivity contribution in [2.75, 3.05) is 0 Å². The summed E-state index contributed by atoms with van der Waals surface area (Å²) in [6, 6.07) is 0. The van der Waals surface area contributed by atoms with Crippen LogP contribution in [0.2, 0.25) is 0 Å². The maximum Gasteiger partial charge on any atom is -0.0285 e. The van der Waals surface area contributed by atoms with Gasteiger partial charge in [-0.1, -0.05) is 42.4 Å². The SMILES string of the molecule is CC/C=C/C=C(\C)CCC=C(C)C. The maximum atomic E-state index is 2.29. The highest BCUT2D eigenvalue weighted by molar-refractivity contribution is 5.11. The van der Waals surface area contributed by atoms with Gasteiger partial charge in [0.2, 0.25) is 0 Å². The number of hydrogen-bond acceptors (Lipinski definition) is 0. The van der Waals surface area contributed by atoms with Crippen LogP contribution in [-0.4, -0.2) is 0 Å². The van der Waals surface area contributed by atoms with E-state index in [1.807, 2.05) is 0 Å². The van der Waals surface area contributed by atoms with E-state index < -0.39 is 0 Å². The van der Waals surface area contributed by atoms with Crippen LogP contribution in [0.3, 0.4) is 0 Å². The van der Waals surface area contributed by atoms with E-state index in [-0.39, 0.29) is 0 Å². The van der Waals surface area contributed by atoms with Crippen LogP contribution in [-0.2, 0) is 0 Å². The Balaban J connectivity index is 3.73. The highest BCUT2D eigenvalue weighted by Crippen LogP contribution is 2.06. The summed E-state index contributed by atoms with van der Waals surface area (Å²) in [4.78, 5) is 0. The lowest BCUT2D eigenvalue weighted by Gasteiger charge is -1.96. The molecule has 0 aromatic rings. The lowest BCUT2D eigenvalue weighted by Crippen LogP contribution is -1.75. The molecule has 0 amide bonds. The van der Waals surface area contributed by atoms with Crippen molar-refractivity contribution in [1.82, 2.24) is 0 Å². The van der Waals surface area contributed by atoms with Crippen LogP contribution < -0.4 is 0 Å². The van der Waals surface area contributed by atoms with Crippen molar-refractivity contribution >= 4 is 0 Å². The molecule has 13 heavy (non-hydrogen) atoms. The highest BCUT2D eigenvalue weighted by atomic mass is 13.9. The summed E-state index contributed by atoms with van der Waals surface area (Å²) in [5.41, 5.74) is 2.87. The first kappa shape index (κ1) is 12.2. The molecule has 0 aliphatic heterocycles. The quantitative estimate of drug-likeness (QED) is 0.425. The lowest BCUT2D eigenvalue weighted by atomic mass is 10.1. The van der Waals surface area contributed by atoms with Gasteiger partial charge in [-0.3, -0.25) is 0 Å². The summed E-state index contributed by atoms with van der Waals surface area (Å²) >= 11 is 0. The van der Waals surface area contributed by atoms with Gasteiger partial charge in [-0.15, -0.1) is 0 Å². The van der Waals surface area contributed by atoms with Crippen LogP contribution in [0.15, 0.2) is 35.5 Å². The van der Waals surface area contributed by atoms with E-state index in [2.05, 4.69) is 52.0 Å². The smallest absolute Gasteiger partial charge is 0.0285 e. The van der Waals surface area contributed by atoms with Gasteiger partial charge in [0.05, 0.1) is 0 Å². The van der Waals surface area contributed by atoms with Gasteiger partial charge < -0.3 is 0 Å². The molecule has 0 N–H and O–H groups in total. The zero-order valence-electron chi connectivity index (χ0n) is 9.43. The van der Waals surface area contributed by atoms with Crippen LogP contribution in [0.5, 0.6) is 0 Å². The monoisotopic (exact) mass is 178 g/mol. The van der Waals surface area contributed by atoms with Gasteiger partial charge in [-0.2, -0.15) is 0 Å². The number of hydrogen-bond donors (Lipinski definition) is 0. The summed E-state index contributed by atoms with van der Waals surface area (Å²) in [6.07, 6.45) is 12.3. The second kappa shape index (κ2) is 7.85. The van der Waals surface area contributed by atoms with Gasteiger partial charge >= 0.3 is 0 Å². The molecule has 0 heteroatoms. The molecule has 0 aromatic heterocycles. The summed E-state index contributed by atoms with van der Waals surface area (Å²) in [5, 5.41) is 0. The van der Waals surface area contributed by atoms with Crippen molar-refractivity contribution in [3.63, 3.8) is 0 Å². The molecule has 0 saturated heterocycles. The normalized spacial score (nSPS) is 12.2. The van der Waals surface area contributed by atoms with Crippen molar-refractivity contribution in [2.24, 2.45) is 0 Å². The zero-order valence-corrected chi connectivity index (χ0v) is 9.43. The van der Waals surface area contributed by atoms with Gasteiger partial charge in [-0.05, 0) is 40.0 Å². The van der Waals surface area contributed by atoms with Crippen molar-refractivity contribution in [1.29, 1.82) is 0 Å². The molecule has 0 radical (unpaired) electrons. The second-order valence-electron chi connectivity index (χ2n) is 3.67. The fourth-order valence-electron chi connectivity index (χ4n) is 1.04. The molecule has 0 heterocycles. The van der Waals surface area contributed by atoms with Gasteiger partial charge in [0, 0.05) is 0 Å². The molecule has 0 atom stereocenters. The van der Waals surface area contributed by atoms with Gasteiger partial charge in [-0.25, -0.2) is 0 Å². The molecule has 0 unspecified atom stereocenters. The minimum absolute atomic E-state index is 1.12. The Morgan fingerprint density at radius 1 is 1.15 bits per heavy atom. The molecule has 74 valence electrons. The van der Waals surface area contributed by atoms with E-state index in [4.69, 9.17) is 0 Å². The van der Waals surface area contributed by atoms with Crippen LogP contribution in [0.25, 0.3) is 0 Å². The summed E-state index contributed by atoms with van der Waals surface area (Å²) < 4.78 is 0. The Hall–Kier alpha value is -0.780. The average Bonchev–Trinajstić information content (AvgIpc) is 2.04. The third kappa shape index (κ3) is 9.13. The Morgan fingerprint density at radius 3 is 2.38 bits per heavy atom. The third-order valence-corrected chi connectivity index (χ3v) is 1.84. The first-order valence-electron chi connectivity index (χ1n) is 5.12.